The Morgan fingerprint density at radius 2 is 2.25 bits per heavy atom. The standard InChI is InChI=1S/C17H17N5O2/c1-4-22(12(2)23)14-7-5-6-13(10-14)16(24)8-9-19-17-15(18-3)11-20-21-17/h5-7,9-11H,4,8H2,1-2H3,(H,20,21). The summed E-state index contributed by atoms with van der Waals surface area (Å²) >= 11 is 0. The number of hydrogen-bond donors (Lipinski definition) is 1. The predicted octanol–water partition coefficient (Wildman–Crippen LogP) is 3.31. The maximum atomic E-state index is 12.3. The summed E-state index contributed by atoms with van der Waals surface area (Å²) in [4.78, 5) is 32.8. The number of amides is 1. The molecule has 0 saturated heterocycles. The lowest BCUT2D eigenvalue weighted by Crippen LogP contribution is -2.28. The number of aromatic nitrogens is 2. The third-order valence-corrected chi connectivity index (χ3v) is 3.39. The van der Waals surface area contributed by atoms with Crippen molar-refractivity contribution in [2.24, 2.45) is 4.99 Å². The van der Waals surface area contributed by atoms with E-state index in [0.29, 0.717) is 29.3 Å². The minimum absolute atomic E-state index is 0.0745. The number of benzene rings is 1. The number of hydrogen-bond acceptors (Lipinski definition) is 4. The summed E-state index contributed by atoms with van der Waals surface area (Å²) < 4.78 is 0. The molecule has 0 aliphatic rings. The van der Waals surface area contributed by atoms with Gasteiger partial charge in [0.15, 0.2) is 11.6 Å². The minimum atomic E-state index is -0.121. The van der Waals surface area contributed by atoms with Crippen LogP contribution in [0.15, 0.2) is 35.5 Å². The zero-order valence-electron chi connectivity index (χ0n) is 13.5. The SMILES string of the molecule is [C-]#[N+]c1cn[nH]c1N=CCC(=O)c1cccc(N(CC)C(C)=O)c1. The van der Waals surface area contributed by atoms with Crippen molar-refractivity contribution in [1.82, 2.24) is 10.2 Å². The first-order valence-corrected chi connectivity index (χ1v) is 7.41. The van der Waals surface area contributed by atoms with Crippen LogP contribution in [-0.4, -0.2) is 34.6 Å². The highest BCUT2D eigenvalue weighted by Crippen LogP contribution is 2.23. The van der Waals surface area contributed by atoms with Gasteiger partial charge in [-0.05, 0) is 19.1 Å². The fraction of sp³-hybridized carbons (Fsp3) is 0.235. The predicted molar refractivity (Wildman–Crippen MR) is 92.1 cm³/mol. The summed E-state index contributed by atoms with van der Waals surface area (Å²) in [5, 5.41) is 6.33. The van der Waals surface area contributed by atoms with Crippen molar-refractivity contribution in [1.29, 1.82) is 0 Å². The molecule has 0 unspecified atom stereocenters. The Morgan fingerprint density at radius 1 is 1.46 bits per heavy atom. The third-order valence-electron chi connectivity index (χ3n) is 3.39. The molecule has 7 heteroatoms. The van der Waals surface area contributed by atoms with Crippen molar-refractivity contribution in [3.63, 3.8) is 0 Å². The van der Waals surface area contributed by atoms with E-state index in [4.69, 9.17) is 6.57 Å². The molecule has 1 amide bonds. The molecule has 1 heterocycles. The maximum Gasteiger partial charge on any atom is 0.249 e. The number of aromatic amines is 1. The zero-order valence-corrected chi connectivity index (χ0v) is 13.5. The van der Waals surface area contributed by atoms with Crippen molar-refractivity contribution >= 4 is 35.1 Å². The first kappa shape index (κ1) is 17.1. The van der Waals surface area contributed by atoms with Crippen molar-refractivity contribution in [2.75, 3.05) is 11.4 Å². The van der Waals surface area contributed by atoms with E-state index in [-0.39, 0.29) is 18.1 Å². The molecule has 2 rings (SSSR count). The van der Waals surface area contributed by atoms with Gasteiger partial charge in [-0.15, -0.1) is 0 Å². The number of nitrogens with one attached hydrogen (secondary N) is 1. The summed E-state index contributed by atoms with van der Waals surface area (Å²) in [6.45, 7) is 10.9. The lowest BCUT2D eigenvalue weighted by atomic mass is 10.1. The van der Waals surface area contributed by atoms with Crippen LogP contribution in [0.2, 0.25) is 0 Å². The Labute approximate surface area is 139 Å². The molecule has 0 saturated carbocycles. The van der Waals surface area contributed by atoms with E-state index in [1.54, 1.807) is 29.2 Å². The van der Waals surface area contributed by atoms with Crippen LogP contribution in [-0.2, 0) is 4.79 Å². The fourth-order valence-corrected chi connectivity index (χ4v) is 2.22. The summed E-state index contributed by atoms with van der Waals surface area (Å²) in [5.74, 6) is 0.138. The van der Waals surface area contributed by atoms with E-state index in [1.807, 2.05) is 6.92 Å². The molecule has 0 aliphatic heterocycles. The smallest absolute Gasteiger partial charge is 0.249 e. The molecule has 2 aromatic rings. The van der Waals surface area contributed by atoms with E-state index in [0.717, 1.165) is 0 Å². The van der Waals surface area contributed by atoms with Crippen molar-refractivity contribution in [3.8, 4) is 0 Å². The van der Waals surface area contributed by atoms with Gasteiger partial charge >= 0.3 is 0 Å². The summed E-state index contributed by atoms with van der Waals surface area (Å²) in [6, 6.07) is 6.94. The second kappa shape index (κ2) is 7.83. The molecule has 122 valence electrons. The maximum absolute atomic E-state index is 12.3. The molecule has 0 bridgehead atoms. The molecular weight excluding hydrogens is 306 g/mol. The second-order valence-corrected chi connectivity index (χ2v) is 4.97. The molecule has 1 aromatic carbocycles. The van der Waals surface area contributed by atoms with Crippen LogP contribution in [0.25, 0.3) is 4.85 Å². The molecule has 0 radical (unpaired) electrons. The van der Waals surface area contributed by atoms with Crippen LogP contribution >= 0.6 is 0 Å². The Kier molecular flexibility index (Phi) is 5.58. The van der Waals surface area contributed by atoms with Gasteiger partial charge in [-0.25, -0.2) is 4.85 Å². The number of Topliss-reactive ketones (excluding diaryl/α,β-unsaturated/α-hetero) is 1. The number of aliphatic imine (C=N–C) groups is 1. The van der Waals surface area contributed by atoms with E-state index >= 15 is 0 Å². The Balaban J connectivity index is 2.10. The molecule has 0 fully saturated rings. The van der Waals surface area contributed by atoms with Gasteiger partial charge in [-0.1, -0.05) is 12.1 Å². The lowest BCUT2D eigenvalue weighted by Gasteiger charge is -2.19. The molecule has 7 nitrogen and oxygen atoms in total. The van der Waals surface area contributed by atoms with E-state index < -0.39 is 0 Å². The van der Waals surface area contributed by atoms with Crippen LogP contribution in [0.3, 0.4) is 0 Å². The highest BCUT2D eigenvalue weighted by atomic mass is 16.2. The normalized spacial score (nSPS) is 10.5. The van der Waals surface area contributed by atoms with Crippen LogP contribution in [0.5, 0.6) is 0 Å². The quantitative estimate of drug-likeness (QED) is 0.503. The molecule has 0 spiro atoms. The summed E-state index contributed by atoms with van der Waals surface area (Å²) in [5.41, 5.74) is 1.51. The molecule has 1 N–H and O–H groups in total. The van der Waals surface area contributed by atoms with E-state index in [2.05, 4.69) is 20.0 Å². The van der Waals surface area contributed by atoms with Crippen LogP contribution in [0.1, 0.15) is 30.6 Å². The highest BCUT2D eigenvalue weighted by Gasteiger charge is 2.12. The molecule has 1 aromatic heterocycles. The van der Waals surface area contributed by atoms with Gasteiger partial charge in [0.1, 0.15) is 0 Å². The van der Waals surface area contributed by atoms with Crippen LogP contribution in [0, 0.1) is 6.57 Å². The molecular formula is C17H17N5O2. The minimum Gasteiger partial charge on any atom is -0.313 e. The molecule has 0 aliphatic carbocycles. The topological polar surface area (TPSA) is 82.8 Å². The van der Waals surface area contributed by atoms with Gasteiger partial charge in [0.05, 0.1) is 12.8 Å². The zero-order chi connectivity index (χ0) is 17.5. The largest absolute Gasteiger partial charge is 0.313 e. The van der Waals surface area contributed by atoms with Gasteiger partial charge in [0.2, 0.25) is 11.6 Å². The number of ketones is 1. The number of H-pyrrole nitrogens is 1. The Bertz CT molecular complexity index is 816. The van der Waals surface area contributed by atoms with Gasteiger partial charge in [-0.3, -0.25) is 19.7 Å². The van der Waals surface area contributed by atoms with E-state index in [9.17, 15) is 9.59 Å². The number of nitrogens with zero attached hydrogens (tertiary/aromatic N) is 4. The number of anilines is 1. The van der Waals surface area contributed by atoms with Crippen LogP contribution < -0.4 is 4.90 Å². The number of carbonyl (C=O) groups excluding carboxylic acids is 2. The average molecular weight is 323 g/mol. The Morgan fingerprint density at radius 3 is 2.92 bits per heavy atom. The number of carbonyl (C=O) groups is 2. The highest BCUT2D eigenvalue weighted by molar-refractivity contribution is 6.05. The average Bonchev–Trinajstić information content (AvgIpc) is 3.03. The first-order chi connectivity index (χ1) is 11.6. The first-order valence-electron chi connectivity index (χ1n) is 7.41. The summed E-state index contributed by atoms with van der Waals surface area (Å²) in [6.07, 6.45) is 2.91. The molecule has 24 heavy (non-hydrogen) atoms. The van der Waals surface area contributed by atoms with E-state index in [1.165, 1.54) is 19.3 Å². The fourth-order valence-electron chi connectivity index (χ4n) is 2.22. The van der Waals surface area contributed by atoms with Gasteiger partial charge < -0.3 is 4.90 Å². The monoisotopic (exact) mass is 323 g/mol. The van der Waals surface area contributed by atoms with Crippen molar-refractivity contribution in [3.05, 3.63) is 47.4 Å². The molecule has 0 atom stereocenters. The third kappa shape index (κ3) is 3.93. The van der Waals surface area contributed by atoms with Gasteiger partial charge in [0, 0.05) is 37.4 Å². The van der Waals surface area contributed by atoms with Crippen molar-refractivity contribution in [2.45, 2.75) is 20.3 Å². The van der Waals surface area contributed by atoms with Crippen molar-refractivity contribution < 1.29 is 9.59 Å². The Hall–Kier alpha value is -3.27. The lowest BCUT2D eigenvalue weighted by molar-refractivity contribution is -0.116. The van der Waals surface area contributed by atoms with Crippen LogP contribution in [0.4, 0.5) is 17.2 Å². The second-order valence-electron chi connectivity index (χ2n) is 4.97. The van der Waals surface area contributed by atoms with Gasteiger partial charge in [-0.2, -0.15) is 5.10 Å². The summed E-state index contributed by atoms with van der Waals surface area (Å²) in [7, 11) is 0. The van der Waals surface area contributed by atoms with Gasteiger partial charge in [0.25, 0.3) is 0 Å². The number of rotatable bonds is 6.